The molecule has 0 spiro atoms. The highest BCUT2D eigenvalue weighted by Gasteiger charge is 2.31. The first-order valence-corrected chi connectivity index (χ1v) is 16.9. The number of aliphatic hydroxyl groups is 1. The van der Waals surface area contributed by atoms with Crippen molar-refractivity contribution in [1.29, 1.82) is 0 Å². The molecule has 0 unspecified atom stereocenters. The monoisotopic (exact) mass is 692 g/mol. The van der Waals surface area contributed by atoms with E-state index in [1.807, 2.05) is 79.7 Å². The molecular formula is C35H44N6O7S. The predicted molar refractivity (Wildman–Crippen MR) is 185 cm³/mol. The number of benzene rings is 2. The second-order valence-corrected chi connectivity index (χ2v) is 13.0. The Bertz CT molecular complexity index is 1580. The first kappa shape index (κ1) is 36.9. The van der Waals surface area contributed by atoms with E-state index in [-0.39, 0.29) is 25.6 Å². The number of rotatable bonds is 17. The second-order valence-electron chi connectivity index (χ2n) is 12.2. The Balaban J connectivity index is 1.44. The first-order chi connectivity index (χ1) is 23.6. The van der Waals surface area contributed by atoms with Gasteiger partial charge < -0.3 is 40.0 Å². The van der Waals surface area contributed by atoms with E-state index in [2.05, 4.69) is 26.1 Å². The number of hydrogen-bond donors (Lipinski definition) is 4. The van der Waals surface area contributed by atoms with E-state index in [1.165, 1.54) is 17.5 Å². The summed E-state index contributed by atoms with van der Waals surface area (Å²) in [7, 11) is 3.75. The van der Waals surface area contributed by atoms with Gasteiger partial charge in [0, 0.05) is 31.6 Å². The summed E-state index contributed by atoms with van der Waals surface area (Å²) in [6, 6.07) is 18.3. The van der Waals surface area contributed by atoms with Gasteiger partial charge in [-0.1, -0.05) is 79.7 Å². The average molecular weight is 693 g/mol. The van der Waals surface area contributed by atoms with Gasteiger partial charge in [-0.15, -0.1) is 11.3 Å². The van der Waals surface area contributed by atoms with Crippen LogP contribution in [0, 0.1) is 5.92 Å². The van der Waals surface area contributed by atoms with Crippen LogP contribution in [0.3, 0.4) is 0 Å². The zero-order valence-corrected chi connectivity index (χ0v) is 28.9. The van der Waals surface area contributed by atoms with E-state index < -0.39 is 42.3 Å². The molecule has 2 aromatic heterocycles. The van der Waals surface area contributed by atoms with Gasteiger partial charge in [0.2, 0.25) is 5.91 Å². The third-order valence-corrected chi connectivity index (χ3v) is 8.65. The highest BCUT2D eigenvalue weighted by atomic mass is 32.1. The number of carbonyl (C=O) groups excluding carboxylic acids is 3. The molecule has 4 atom stereocenters. The van der Waals surface area contributed by atoms with Crippen LogP contribution in [0.25, 0.3) is 0 Å². The van der Waals surface area contributed by atoms with Gasteiger partial charge in [-0.25, -0.2) is 14.6 Å². The van der Waals surface area contributed by atoms with Crippen LogP contribution in [-0.2, 0) is 40.3 Å². The molecule has 13 nitrogen and oxygen atoms in total. The summed E-state index contributed by atoms with van der Waals surface area (Å²) in [5.41, 5.74) is 2.43. The van der Waals surface area contributed by atoms with Crippen molar-refractivity contribution in [3.8, 4) is 0 Å². The minimum absolute atomic E-state index is 0.0470. The van der Waals surface area contributed by atoms with Crippen molar-refractivity contribution in [2.75, 3.05) is 19.0 Å². The molecule has 4 N–H and O–H groups in total. The van der Waals surface area contributed by atoms with Gasteiger partial charge in [0.15, 0.2) is 17.5 Å². The van der Waals surface area contributed by atoms with Crippen molar-refractivity contribution in [2.24, 2.45) is 5.92 Å². The molecule has 2 aromatic carbocycles. The summed E-state index contributed by atoms with van der Waals surface area (Å²) in [5, 5.41) is 26.4. The highest BCUT2D eigenvalue weighted by Crippen LogP contribution is 2.19. The number of amides is 3. The molecule has 0 bridgehead atoms. The minimum Gasteiger partial charge on any atom is -0.443 e. The standard InChI is InChI=1S/C35H44N6O7S/c1-23(2)31(40-35(45)46-20-27-22-49-33(37-27)41(3)4)32(43)39-29(18-25-13-9-6-10-14-25)30(42)19-26(17-24-11-7-5-8-12-24)38-34(44)47-21-28-15-16-36-48-28/h5-16,22-23,26,29-31,42H,17-21H2,1-4H3,(H,38,44)(H,39,43)(H,40,45)/t26-,29-,30-,31-/m0/s1. The number of carbonyl (C=O) groups is 3. The molecule has 0 saturated heterocycles. The molecule has 0 aliphatic carbocycles. The summed E-state index contributed by atoms with van der Waals surface area (Å²) >= 11 is 1.43. The lowest BCUT2D eigenvalue weighted by molar-refractivity contribution is -0.125. The van der Waals surface area contributed by atoms with Crippen molar-refractivity contribution >= 4 is 34.6 Å². The van der Waals surface area contributed by atoms with Crippen LogP contribution in [0.2, 0.25) is 0 Å². The Morgan fingerprint density at radius 1 is 0.878 bits per heavy atom. The number of nitrogens with one attached hydrogen (secondary N) is 3. The van der Waals surface area contributed by atoms with Crippen molar-refractivity contribution in [1.82, 2.24) is 26.1 Å². The second kappa shape index (κ2) is 18.6. The fourth-order valence-electron chi connectivity index (χ4n) is 5.04. The van der Waals surface area contributed by atoms with Crippen LogP contribution in [0.5, 0.6) is 0 Å². The van der Waals surface area contributed by atoms with E-state index in [4.69, 9.17) is 14.0 Å². The molecule has 14 heteroatoms. The number of thiazole rings is 1. The molecule has 2 heterocycles. The Labute approximate surface area is 290 Å². The van der Waals surface area contributed by atoms with Gasteiger partial charge in [0.1, 0.15) is 12.6 Å². The van der Waals surface area contributed by atoms with Crippen LogP contribution >= 0.6 is 11.3 Å². The molecule has 0 aliphatic heterocycles. The van der Waals surface area contributed by atoms with Crippen LogP contribution in [0.1, 0.15) is 42.8 Å². The molecule has 4 rings (SSSR count). The molecule has 0 fully saturated rings. The predicted octanol–water partition coefficient (Wildman–Crippen LogP) is 4.46. The molecule has 49 heavy (non-hydrogen) atoms. The molecule has 4 aromatic rings. The average Bonchev–Trinajstić information content (AvgIpc) is 3.79. The van der Waals surface area contributed by atoms with Gasteiger partial charge in [0.25, 0.3) is 0 Å². The van der Waals surface area contributed by atoms with Crippen LogP contribution in [0.15, 0.2) is 82.8 Å². The Kier molecular flexibility index (Phi) is 14.0. The number of anilines is 1. The molecule has 0 radical (unpaired) electrons. The molecule has 0 aliphatic rings. The highest BCUT2D eigenvalue weighted by molar-refractivity contribution is 7.13. The normalized spacial score (nSPS) is 13.5. The third kappa shape index (κ3) is 12.2. The topological polar surface area (TPSA) is 168 Å². The van der Waals surface area contributed by atoms with Crippen molar-refractivity contribution in [2.45, 2.75) is 70.6 Å². The largest absolute Gasteiger partial charge is 0.443 e. The number of ether oxygens (including phenoxy) is 2. The van der Waals surface area contributed by atoms with Crippen LogP contribution in [-0.4, -0.2) is 71.7 Å². The molecule has 0 saturated carbocycles. The number of nitrogens with zero attached hydrogens (tertiary/aromatic N) is 3. The zero-order chi connectivity index (χ0) is 35.2. The smallest absolute Gasteiger partial charge is 0.408 e. The van der Waals surface area contributed by atoms with Gasteiger partial charge >= 0.3 is 12.2 Å². The van der Waals surface area contributed by atoms with E-state index in [1.54, 1.807) is 25.3 Å². The maximum Gasteiger partial charge on any atom is 0.408 e. The van der Waals surface area contributed by atoms with Crippen LogP contribution in [0.4, 0.5) is 14.7 Å². The summed E-state index contributed by atoms with van der Waals surface area (Å²) in [4.78, 5) is 45.6. The van der Waals surface area contributed by atoms with E-state index in [0.717, 1.165) is 16.3 Å². The SMILES string of the molecule is CC(C)[C@H](NC(=O)OCc1csc(N(C)C)n1)C(=O)N[C@@H](Cc1ccccc1)[C@@H](O)C[C@H](Cc1ccccc1)NC(=O)OCc1ccno1. The van der Waals surface area contributed by atoms with Gasteiger partial charge in [-0.2, -0.15) is 0 Å². The molecule has 262 valence electrons. The van der Waals surface area contributed by atoms with E-state index >= 15 is 0 Å². The zero-order valence-electron chi connectivity index (χ0n) is 28.1. The fraction of sp³-hybridized carbons (Fsp3) is 0.400. The molecular weight excluding hydrogens is 648 g/mol. The Morgan fingerprint density at radius 2 is 1.51 bits per heavy atom. The molecule has 3 amide bonds. The van der Waals surface area contributed by atoms with Crippen LogP contribution < -0.4 is 20.9 Å². The lowest BCUT2D eigenvalue weighted by Gasteiger charge is -2.30. The summed E-state index contributed by atoms with van der Waals surface area (Å²) in [6.45, 7) is 3.46. The Morgan fingerprint density at radius 3 is 2.10 bits per heavy atom. The van der Waals surface area contributed by atoms with Crippen molar-refractivity contribution in [3.05, 3.63) is 101 Å². The first-order valence-electron chi connectivity index (χ1n) is 16.0. The van der Waals surface area contributed by atoms with Gasteiger partial charge in [-0.05, 0) is 36.3 Å². The maximum atomic E-state index is 13.7. The van der Waals surface area contributed by atoms with Crippen molar-refractivity contribution < 1.29 is 33.5 Å². The maximum absolute atomic E-state index is 13.7. The lowest BCUT2D eigenvalue weighted by atomic mass is 9.93. The summed E-state index contributed by atoms with van der Waals surface area (Å²) in [5.74, 6) is -0.387. The van der Waals surface area contributed by atoms with E-state index in [9.17, 15) is 19.5 Å². The fourth-order valence-corrected chi connectivity index (χ4v) is 5.79. The summed E-state index contributed by atoms with van der Waals surface area (Å²) in [6.07, 6.45) is -0.293. The Hall–Kier alpha value is -4.95. The van der Waals surface area contributed by atoms with Gasteiger partial charge in [0.05, 0.1) is 24.0 Å². The number of aromatic nitrogens is 2. The number of aliphatic hydroxyl groups excluding tert-OH is 1. The quantitative estimate of drug-likeness (QED) is 0.124. The third-order valence-electron chi connectivity index (χ3n) is 7.60. The van der Waals surface area contributed by atoms with Gasteiger partial charge in [-0.3, -0.25) is 4.79 Å². The lowest BCUT2D eigenvalue weighted by Crippen LogP contribution is -2.56. The minimum atomic E-state index is -1.09. The number of alkyl carbamates (subject to hydrolysis) is 2. The van der Waals surface area contributed by atoms with E-state index in [0.29, 0.717) is 24.3 Å². The van der Waals surface area contributed by atoms with Crippen molar-refractivity contribution in [3.63, 3.8) is 0 Å². The number of hydrogen-bond acceptors (Lipinski definition) is 11. The summed E-state index contributed by atoms with van der Waals surface area (Å²) < 4.78 is 15.7.